The Balaban J connectivity index is 1.51. The van der Waals surface area contributed by atoms with E-state index in [1.165, 1.54) is 9.40 Å². The zero-order valence-corrected chi connectivity index (χ0v) is 33.0. The first-order valence-corrected chi connectivity index (χ1v) is 23.5. The standard InChI is InChI=1S/C32H48N2O6S4Si2/c1-5-37-45(39-21-11-19-35-3)23-17-29(31-33-25-13-7-9-15-27(25)41-31)43-44-30(32-34-26-14-8-10-16-28(26)42-32)18-24-46(38-6-2)40-22-12-20-36-4/h7-10,13-16,29-30,45-46H,5-6,11-12,17-24H2,1-4H3. The maximum atomic E-state index is 6.26. The number of hydrogen-bond acceptors (Lipinski definition) is 12. The molecule has 14 heteroatoms. The van der Waals surface area contributed by atoms with Crippen LogP contribution in [0.25, 0.3) is 20.4 Å². The lowest BCUT2D eigenvalue weighted by Gasteiger charge is -2.22. The summed E-state index contributed by atoms with van der Waals surface area (Å²) >= 11 is 3.60. The molecule has 0 aliphatic heterocycles. The van der Waals surface area contributed by atoms with Crippen molar-refractivity contribution in [1.29, 1.82) is 0 Å². The van der Waals surface area contributed by atoms with Crippen molar-refractivity contribution in [2.75, 3.05) is 53.9 Å². The first-order chi connectivity index (χ1) is 22.6. The highest BCUT2D eigenvalue weighted by atomic mass is 33.1. The summed E-state index contributed by atoms with van der Waals surface area (Å²) in [7, 11) is 3.66. The molecule has 0 saturated heterocycles. The van der Waals surface area contributed by atoms with E-state index in [1.807, 2.05) is 21.6 Å². The van der Waals surface area contributed by atoms with Crippen LogP contribution in [0.5, 0.6) is 0 Å². The summed E-state index contributed by atoms with van der Waals surface area (Å²) in [6.07, 6.45) is 3.66. The van der Waals surface area contributed by atoms with Crippen LogP contribution < -0.4 is 0 Å². The largest absolute Gasteiger partial charge is 0.397 e. The third kappa shape index (κ3) is 12.5. The Morgan fingerprint density at radius 3 is 1.46 bits per heavy atom. The van der Waals surface area contributed by atoms with E-state index in [9.17, 15) is 0 Å². The Kier molecular flexibility index (Phi) is 18.1. The highest BCUT2D eigenvalue weighted by Crippen LogP contribution is 2.52. The Morgan fingerprint density at radius 2 is 1.07 bits per heavy atom. The first-order valence-electron chi connectivity index (χ1n) is 16.1. The monoisotopic (exact) mass is 740 g/mol. The van der Waals surface area contributed by atoms with Crippen LogP contribution in [0.15, 0.2) is 48.5 Å². The van der Waals surface area contributed by atoms with Crippen molar-refractivity contribution >= 4 is 83.3 Å². The molecule has 0 bridgehead atoms. The van der Waals surface area contributed by atoms with Crippen molar-refractivity contribution in [2.45, 2.75) is 62.1 Å². The summed E-state index contributed by atoms with van der Waals surface area (Å²) in [4.78, 5) is 10.2. The van der Waals surface area contributed by atoms with Gasteiger partial charge in [-0.05, 0) is 75.9 Å². The van der Waals surface area contributed by atoms with Gasteiger partial charge in [0.15, 0.2) is 0 Å². The molecular weight excluding hydrogens is 693 g/mol. The molecule has 4 atom stereocenters. The Bertz CT molecular complexity index is 1230. The Morgan fingerprint density at radius 1 is 0.630 bits per heavy atom. The van der Waals surface area contributed by atoms with Gasteiger partial charge < -0.3 is 27.2 Å². The number of aromatic nitrogens is 2. The maximum Gasteiger partial charge on any atom is 0.321 e. The molecule has 0 aliphatic rings. The van der Waals surface area contributed by atoms with Crippen LogP contribution in [0, 0.1) is 0 Å². The number of hydrogen-bond donors (Lipinski definition) is 0. The molecule has 2 aromatic carbocycles. The zero-order chi connectivity index (χ0) is 32.4. The minimum absolute atomic E-state index is 0.211. The third-order valence-electron chi connectivity index (χ3n) is 7.09. The normalized spacial score (nSPS) is 14.6. The van der Waals surface area contributed by atoms with Gasteiger partial charge in [0.05, 0.1) is 30.9 Å². The average Bonchev–Trinajstić information content (AvgIpc) is 3.70. The van der Waals surface area contributed by atoms with Gasteiger partial charge in [0.1, 0.15) is 10.0 Å². The Hall–Kier alpha value is -0.886. The Labute approximate surface area is 293 Å². The van der Waals surface area contributed by atoms with Crippen molar-refractivity contribution < 1.29 is 27.2 Å². The van der Waals surface area contributed by atoms with E-state index in [-0.39, 0.29) is 10.5 Å². The van der Waals surface area contributed by atoms with E-state index in [1.54, 1.807) is 36.9 Å². The van der Waals surface area contributed by atoms with Crippen molar-refractivity contribution in [3.63, 3.8) is 0 Å². The van der Waals surface area contributed by atoms with Crippen molar-refractivity contribution in [1.82, 2.24) is 9.97 Å². The minimum atomic E-state index is -1.82. The third-order valence-corrected chi connectivity index (χ3v) is 17.1. The lowest BCUT2D eigenvalue weighted by molar-refractivity contribution is 0.152. The number of methoxy groups -OCH3 is 2. The number of rotatable bonds is 25. The van der Waals surface area contributed by atoms with Crippen LogP contribution >= 0.6 is 44.3 Å². The number of nitrogens with zero attached hydrogens (tertiary/aromatic N) is 2. The van der Waals surface area contributed by atoms with E-state index in [2.05, 4.69) is 62.4 Å². The molecule has 2 heterocycles. The molecule has 46 heavy (non-hydrogen) atoms. The van der Waals surface area contributed by atoms with Gasteiger partial charge >= 0.3 is 18.6 Å². The van der Waals surface area contributed by atoms with Gasteiger partial charge in [0.2, 0.25) is 0 Å². The second-order valence-electron chi connectivity index (χ2n) is 10.6. The van der Waals surface area contributed by atoms with Gasteiger partial charge in [-0.25, -0.2) is 9.97 Å². The highest BCUT2D eigenvalue weighted by molar-refractivity contribution is 8.76. The second kappa shape index (κ2) is 22.0. The van der Waals surface area contributed by atoms with E-state index >= 15 is 0 Å². The van der Waals surface area contributed by atoms with E-state index in [0.717, 1.165) is 58.8 Å². The number of para-hydroxylation sites is 2. The summed E-state index contributed by atoms with van der Waals surface area (Å²) in [5.74, 6) is 0. The van der Waals surface area contributed by atoms with Crippen LogP contribution in [-0.4, -0.2) is 82.4 Å². The lowest BCUT2D eigenvalue weighted by atomic mass is 10.3. The summed E-state index contributed by atoms with van der Waals surface area (Å²) in [5, 5.41) is 2.74. The fourth-order valence-electron chi connectivity index (χ4n) is 4.83. The van der Waals surface area contributed by atoms with Crippen LogP contribution in [0.1, 0.15) is 60.0 Å². The average molecular weight is 741 g/mol. The number of ether oxygens (including phenoxy) is 2. The maximum absolute atomic E-state index is 6.26. The number of fused-ring (bicyclic) bond motifs is 2. The topological polar surface area (TPSA) is 81.2 Å². The molecule has 0 spiro atoms. The predicted molar refractivity (Wildman–Crippen MR) is 201 cm³/mol. The zero-order valence-electron chi connectivity index (χ0n) is 27.4. The molecule has 0 saturated carbocycles. The van der Waals surface area contributed by atoms with Gasteiger partial charge in [0.25, 0.3) is 0 Å². The number of benzene rings is 2. The van der Waals surface area contributed by atoms with E-state index in [4.69, 9.17) is 37.1 Å². The lowest BCUT2D eigenvalue weighted by Crippen LogP contribution is -2.24. The summed E-state index contributed by atoms with van der Waals surface area (Å²) in [6, 6.07) is 18.7. The van der Waals surface area contributed by atoms with Gasteiger partial charge in [-0.2, -0.15) is 0 Å². The SMILES string of the molecule is CCO[SiH](CCC(SSC(CC[SiH](OCC)OCCCOC)c1nc2ccccc2s1)c1nc2ccccc2s1)OCCCOC. The summed E-state index contributed by atoms with van der Waals surface area (Å²) in [6.45, 7) is 8.21. The van der Waals surface area contributed by atoms with Gasteiger partial charge in [-0.3, -0.25) is 0 Å². The second-order valence-corrected chi connectivity index (χ2v) is 19.6. The summed E-state index contributed by atoms with van der Waals surface area (Å²) < 4.78 is 37.7. The van der Waals surface area contributed by atoms with E-state index in [0.29, 0.717) is 39.6 Å². The van der Waals surface area contributed by atoms with Gasteiger partial charge in [-0.1, -0.05) is 45.9 Å². The quantitative estimate of drug-likeness (QED) is 0.0375. The molecule has 8 nitrogen and oxygen atoms in total. The molecule has 0 aliphatic carbocycles. The first kappa shape index (κ1) is 37.9. The molecule has 2 aromatic heterocycles. The fraction of sp³-hybridized carbons (Fsp3) is 0.562. The molecule has 0 N–H and O–H groups in total. The minimum Gasteiger partial charge on any atom is -0.397 e. The summed E-state index contributed by atoms with van der Waals surface area (Å²) in [5.41, 5.74) is 2.12. The van der Waals surface area contributed by atoms with Crippen LogP contribution in [-0.2, 0) is 27.2 Å². The van der Waals surface area contributed by atoms with Crippen molar-refractivity contribution in [2.24, 2.45) is 0 Å². The highest BCUT2D eigenvalue weighted by Gasteiger charge is 2.27. The molecule has 254 valence electrons. The number of thiazole rings is 2. The van der Waals surface area contributed by atoms with Gasteiger partial charge in [0, 0.05) is 53.9 Å². The van der Waals surface area contributed by atoms with Crippen molar-refractivity contribution in [3.05, 3.63) is 58.5 Å². The van der Waals surface area contributed by atoms with Gasteiger partial charge in [-0.15, -0.1) is 22.7 Å². The predicted octanol–water partition coefficient (Wildman–Crippen LogP) is 8.47. The molecule has 4 unspecified atom stereocenters. The smallest absolute Gasteiger partial charge is 0.321 e. The molecule has 4 aromatic rings. The van der Waals surface area contributed by atoms with Crippen LogP contribution in [0.3, 0.4) is 0 Å². The molecular formula is C32H48N2O6S4Si2. The molecule has 4 rings (SSSR count). The fourth-order valence-corrected chi connectivity index (χ4v) is 14.8. The van der Waals surface area contributed by atoms with Crippen molar-refractivity contribution in [3.8, 4) is 0 Å². The molecule has 0 amide bonds. The molecule has 0 fully saturated rings. The van der Waals surface area contributed by atoms with E-state index < -0.39 is 18.6 Å². The molecule has 0 radical (unpaired) electrons. The van der Waals surface area contributed by atoms with Crippen LogP contribution in [0.4, 0.5) is 0 Å². The van der Waals surface area contributed by atoms with Crippen LogP contribution in [0.2, 0.25) is 12.1 Å².